The standard InChI is InChI=1S/C14H18N2O3.ClH/c17-14(11-3-1-2-6-15-11)16-8-10-4-5-12-13(7-10)19-9-18-12;/h4-5,7,11,15H,1-3,6,8-9H2,(H,16,17);1H. The van der Waals surface area contributed by atoms with Crippen LogP contribution in [-0.4, -0.2) is 25.3 Å². The summed E-state index contributed by atoms with van der Waals surface area (Å²) in [6.45, 7) is 1.73. The zero-order valence-corrected chi connectivity index (χ0v) is 12.0. The van der Waals surface area contributed by atoms with E-state index in [4.69, 9.17) is 9.47 Å². The van der Waals surface area contributed by atoms with Crippen molar-refractivity contribution in [1.82, 2.24) is 10.6 Å². The molecule has 1 aromatic rings. The molecule has 0 aliphatic carbocycles. The van der Waals surface area contributed by atoms with E-state index < -0.39 is 0 Å². The zero-order valence-electron chi connectivity index (χ0n) is 11.2. The van der Waals surface area contributed by atoms with Gasteiger partial charge in [-0.3, -0.25) is 4.79 Å². The topological polar surface area (TPSA) is 59.6 Å². The fourth-order valence-electron chi connectivity index (χ4n) is 2.44. The fourth-order valence-corrected chi connectivity index (χ4v) is 2.44. The highest BCUT2D eigenvalue weighted by Gasteiger charge is 2.20. The number of hydrogen-bond acceptors (Lipinski definition) is 4. The van der Waals surface area contributed by atoms with Gasteiger partial charge < -0.3 is 20.1 Å². The number of amides is 1. The summed E-state index contributed by atoms with van der Waals surface area (Å²) in [6.07, 6.45) is 3.20. The Labute approximate surface area is 124 Å². The lowest BCUT2D eigenvalue weighted by atomic mass is 10.0. The number of benzene rings is 1. The minimum Gasteiger partial charge on any atom is -0.454 e. The van der Waals surface area contributed by atoms with E-state index in [0.717, 1.165) is 42.9 Å². The second kappa shape index (κ2) is 6.81. The zero-order chi connectivity index (χ0) is 13.1. The first-order valence-electron chi connectivity index (χ1n) is 6.72. The fraction of sp³-hybridized carbons (Fsp3) is 0.500. The largest absolute Gasteiger partial charge is 0.454 e. The van der Waals surface area contributed by atoms with E-state index in [0.29, 0.717) is 6.54 Å². The Bertz CT molecular complexity index is 475. The van der Waals surface area contributed by atoms with Crippen molar-refractivity contribution in [2.45, 2.75) is 31.8 Å². The number of piperidine rings is 1. The first-order valence-corrected chi connectivity index (χ1v) is 6.72. The van der Waals surface area contributed by atoms with Crippen LogP contribution in [0.4, 0.5) is 0 Å². The lowest BCUT2D eigenvalue weighted by Crippen LogP contribution is -2.46. The molecule has 6 heteroatoms. The summed E-state index contributed by atoms with van der Waals surface area (Å²) in [4.78, 5) is 12.0. The van der Waals surface area contributed by atoms with Crippen LogP contribution in [-0.2, 0) is 11.3 Å². The van der Waals surface area contributed by atoms with Crippen LogP contribution in [0.3, 0.4) is 0 Å². The Hall–Kier alpha value is -1.46. The third-order valence-corrected chi connectivity index (χ3v) is 3.53. The summed E-state index contributed by atoms with van der Waals surface area (Å²) in [5.41, 5.74) is 1.02. The SMILES string of the molecule is Cl.O=C(NCc1ccc2c(c1)OCO2)C1CCCCN1. The van der Waals surface area contributed by atoms with Gasteiger partial charge in [-0.15, -0.1) is 12.4 Å². The van der Waals surface area contributed by atoms with Crippen LogP contribution in [0.15, 0.2) is 18.2 Å². The molecule has 0 radical (unpaired) electrons. The third kappa shape index (κ3) is 3.35. The van der Waals surface area contributed by atoms with Crippen molar-refractivity contribution in [2.75, 3.05) is 13.3 Å². The molecule has 1 unspecified atom stereocenters. The average molecular weight is 299 g/mol. The van der Waals surface area contributed by atoms with Crippen LogP contribution in [0.25, 0.3) is 0 Å². The van der Waals surface area contributed by atoms with Gasteiger partial charge in [-0.2, -0.15) is 0 Å². The Morgan fingerprint density at radius 2 is 2.15 bits per heavy atom. The number of hydrogen-bond donors (Lipinski definition) is 2. The van der Waals surface area contributed by atoms with E-state index in [1.54, 1.807) is 0 Å². The maximum absolute atomic E-state index is 12.0. The Balaban J connectivity index is 0.00000147. The lowest BCUT2D eigenvalue weighted by Gasteiger charge is -2.22. The van der Waals surface area contributed by atoms with Crippen molar-refractivity contribution in [1.29, 1.82) is 0 Å². The molecule has 1 fully saturated rings. The number of ether oxygens (including phenoxy) is 2. The smallest absolute Gasteiger partial charge is 0.237 e. The summed E-state index contributed by atoms with van der Waals surface area (Å²) in [6, 6.07) is 5.70. The second-order valence-corrected chi connectivity index (χ2v) is 4.91. The average Bonchev–Trinajstić information content (AvgIpc) is 2.93. The molecule has 2 aliphatic rings. The van der Waals surface area contributed by atoms with Crippen LogP contribution in [0.2, 0.25) is 0 Å². The molecule has 0 bridgehead atoms. The van der Waals surface area contributed by atoms with Crippen LogP contribution < -0.4 is 20.1 Å². The van der Waals surface area contributed by atoms with Gasteiger partial charge in [0.05, 0.1) is 6.04 Å². The van der Waals surface area contributed by atoms with Crippen molar-refractivity contribution in [3.8, 4) is 11.5 Å². The van der Waals surface area contributed by atoms with Crippen molar-refractivity contribution in [3.05, 3.63) is 23.8 Å². The molecule has 2 heterocycles. The highest BCUT2D eigenvalue weighted by molar-refractivity contribution is 5.85. The highest BCUT2D eigenvalue weighted by atomic mass is 35.5. The van der Waals surface area contributed by atoms with E-state index >= 15 is 0 Å². The molecule has 2 aliphatic heterocycles. The van der Waals surface area contributed by atoms with Gasteiger partial charge in [0, 0.05) is 6.54 Å². The maximum Gasteiger partial charge on any atom is 0.237 e. The minimum absolute atomic E-state index is 0. The Kier molecular flexibility index (Phi) is 5.09. The van der Waals surface area contributed by atoms with Crippen molar-refractivity contribution in [2.24, 2.45) is 0 Å². The Morgan fingerprint density at radius 3 is 2.95 bits per heavy atom. The van der Waals surface area contributed by atoms with Crippen molar-refractivity contribution < 1.29 is 14.3 Å². The number of halogens is 1. The monoisotopic (exact) mass is 298 g/mol. The number of carbonyl (C=O) groups is 1. The van der Waals surface area contributed by atoms with Gasteiger partial charge in [-0.05, 0) is 37.1 Å². The van der Waals surface area contributed by atoms with Crippen molar-refractivity contribution >= 4 is 18.3 Å². The highest BCUT2D eigenvalue weighted by Crippen LogP contribution is 2.32. The summed E-state index contributed by atoms with van der Waals surface area (Å²) < 4.78 is 10.6. The van der Waals surface area contributed by atoms with E-state index in [-0.39, 0.29) is 31.1 Å². The van der Waals surface area contributed by atoms with Crippen molar-refractivity contribution in [3.63, 3.8) is 0 Å². The van der Waals surface area contributed by atoms with E-state index in [9.17, 15) is 4.79 Å². The van der Waals surface area contributed by atoms with Crippen LogP contribution in [0.5, 0.6) is 11.5 Å². The number of carbonyl (C=O) groups excluding carboxylic acids is 1. The second-order valence-electron chi connectivity index (χ2n) is 4.91. The quantitative estimate of drug-likeness (QED) is 0.890. The van der Waals surface area contributed by atoms with Gasteiger partial charge in [0.1, 0.15) is 0 Å². The molecule has 3 rings (SSSR count). The molecule has 1 atom stereocenters. The minimum atomic E-state index is -0.0391. The van der Waals surface area contributed by atoms with Gasteiger partial charge in [0.25, 0.3) is 0 Å². The molecule has 2 N–H and O–H groups in total. The molecular formula is C14H19ClN2O3. The lowest BCUT2D eigenvalue weighted by molar-refractivity contribution is -0.123. The van der Waals surface area contributed by atoms with Gasteiger partial charge in [0.2, 0.25) is 12.7 Å². The van der Waals surface area contributed by atoms with E-state index in [1.165, 1.54) is 0 Å². The predicted molar refractivity (Wildman–Crippen MR) is 77.3 cm³/mol. The molecule has 5 nitrogen and oxygen atoms in total. The van der Waals surface area contributed by atoms with Crippen LogP contribution in [0.1, 0.15) is 24.8 Å². The summed E-state index contributed by atoms with van der Waals surface area (Å²) in [7, 11) is 0. The van der Waals surface area contributed by atoms with Gasteiger partial charge in [0.15, 0.2) is 11.5 Å². The predicted octanol–water partition coefficient (Wildman–Crippen LogP) is 1.60. The molecule has 0 saturated carbocycles. The Morgan fingerprint density at radius 1 is 1.30 bits per heavy atom. The number of nitrogens with one attached hydrogen (secondary N) is 2. The van der Waals surface area contributed by atoms with Gasteiger partial charge in [-0.25, -0.2) is 0 Å². The normalized spacial score (nSPS) is 20.1. The molecular weight excluding hydrogens is 280 g/mol. The molecule has 1 amide bonds. The molecule has 1 aromatic carbocycles. The molecule has 1 saturated heterocycles. The van der Waals surface area contributed by atoms with E-state index in [1.807, 2.05) is 18.2 Å². The first-order chi connectivity index (χ1) is 9.33. The third-order valence-electron chi connectivity index (χ3n) is 3.53. The summed E-state index contributed by atoms with van der Waals surface area (Å²) >= 11 is 0. The number of rotatable bonds is 3. The molecule has 0 aromatic heterocycles. The molecule has 20 heavy (non-hydrogen) atoms. The van der Waals surface area contributed by atoms with Gasteiger partial charge >= 0.3 is 0 Å². The molecule has 110 valence electrons. The summed E-state index contributed by atoms with van der Waals surface area (Å²) in [5.74, 6) is 1.60. The number of fused-ring (bicyclic) bond motifs is 1. The summed E-state index contributed by atoms with van der Waals surface area (Å²) in [5, 5.41) is 6.20. The van der Waals surface area contributed by atoms with Gasteiger partial charge in [-0.1, -0.05) is 12.5 Å². The first kappa shape index (κ1) is 14.9. The van der Waals surface area contributed by atoms with E-state index in [2.05, 4.69) is 10.6 Å². The van der Waals surface area contributed by atoms with Crippen LogP contribution >= 0.6 is 12.4 Å². The molecule has 0 spiro atoms. The van der Waals surface area contributed by atoms with Crippen LogP contribution in [0, 0.1) is 0 Å². The maximum atomic E-state index is 12.0.